The fourth-order valence-electron chi connectivity index (χ4n) is 1.75. The van der Waals surface area contributed by atoms with E-state index in [9.17, 15) is 4.79 Å². The Balaban J connectivity index is 1.77. The molecule has 0 spiro atoms. The monoisotopic (exact) mass is 281 g/mol. The summed E-state index contributed by atoms with van der Waals surface area (Å²) >= 11 is 1.49. The molecule has 1 aromatic carbocycles. The van der Waals surface area contributed by atoms with Crippen molar-refractivity contribution in [1.82, 2.24) is 5.32 Å². The smallest absolute Gasteiger partial charge is 0.230 e. The summed E-state index contributed by atoms with van der Waals surface area (Å²) in [6.07, 6.45) is 1.76. The second-order valence-corrected chi connectivity index (χ2v) is 5.73. The van der Waals surface area contributed by atoms with Gasteiger partial charge in [-0.3, -0.25) is 4.79 Å². The average molecular weight is 281 g/mol. The number of aliphatic hydroxyl groups excluding tert-OH is 1. The minimum absolute atomic E-state index is 0.0227. The highest BCUT2D eigenvalue weighted by Crippen LogP contribution is 2.34. The minimum atomic E-state index is -0.323. The maximum absolute atomic E-state index is 11.7. The first-order chi connectivity index (χ1) is 9.17. The number of nitrogens with one attached hydrogen (secondary N) is 1. The lowest BCUT2D eigenvalue weighted by atomic mass is 10.3. The molecule has 1 aliphatic rings. The van der Waals surface area contributed by atoms with Crippen LogP contribution in [0.2, 0.25) is 0 Å². The van der Waals surface area contributed by atoms with Gasteiger partial charge in [0.15, 0.2) is 0 Å². The van der Waals surface area contributed by atoms with Gasteiger partial charge >= 0.3 is 0 Å². The number of amides is 1. The van der Waals surface area contributed by atoms with Crippen LogP contribution in [0.5, 0.6) is 5.75 Å². The zero-order valence-electron chi connectivity index (χ0n) is 11.0. The van der Waals surface area contributed by atoms with Gasteiger partial charge in [-0.1, -0.05) is 0 Å². The van der Waals surface area contributed by atoms with Crippen molar-refractivity contribution in [2.75, 3.05) is 19.0 Å². The summed E-state index contributed by atoms with van der Waals surface area (Å²) in [5, 5.41) is 12.0. The highest BCUT2D eigenvalue weighted by atomic mass is 32.2. The number of thioether (sulfide) groups is 1. The van der Waals surface area contributed by atoms with Crippen molar-refractivity contribution in [1.29, 1.82) is 0 Å². The lowest BCUT2D eigenvalue weighted by Crippen LogP contribution is -2.40. The van der Waals surface area contributed by atoms with Crippen LogP contribution < -0.4 is 10.1 Å². The standard InChI is InChI=1S/C14H19NO3S/c1-2-18-11-3-5-12(6-4-11)19-9-13(17)15-14(10-16)7-8-14/h3-6,16H,2,7-10H2,1H3,(H,15,17). The van der Waals surface area contributed by atoms with E-state index < -0.39 is 0 Å². The summed E-state index contributed by atoms with van der Waals surface area (Å²) in [5.41, 5.74) is -0.323. The SMILES string of the molecule is CCOc1ccc(SCC(=O)NC2(CO)CC2)cc1. The summed E-state index contributed by atoms with van der Waals surface area (Å²) in [5.74, 6) is 1.19. The Kier molecular flexibility index (Phi) is 4.71. The van der Waals surface area contributed by atoms with Crippen LogP contribution in [0.25, 0.3) is 0 Å². The molecule has 104 valence electrons. The molecule has 5 heteroatoms. The van der Waals surface area contributed by atoms with Crippen molar-refractivity contribution >= 4 is 17.7 Å². The fraction of sp³-hybridized carbons (Fsp3) is 0.500. The first-order valence-electron chi connectivity index (χ1n) is 6.45. The molecule has 19 heavy (non-hydrogen) atoms. The molecule has 1 aromatic rings. The number of ether oxygens (including phenoxy) is 1. The van der Waals surface area contributed by atoms with E-state index in [4.69, 9.17) is 9.84 Å². The Bertz CT molecular complexity index is 429. The summed E-state index contributed by atoms with van der Waals surface area (Å²) in [6, 6.07) is 7.70. The van der Waals surface area contributed by atoms with Crippen LogP contribution in [-0.2, 0) is 4.79 Å². The Hall–Kier alpha value is -1.20. The fourth-order valence-corrected chi connectivity index (χ4v) is 2.45. The van der Waals surface area contributed by atoms with Crippen LogP contribution >= 0.6 is 11.8 Å². The molecule has 0 aliphatic heterocycles. The Morgan fingerprint density at radius 1 is 1.42 bits per heavy atom. The molecule has 1 aliphatic carbocycles. The predicted octanol–water partition coefficient (Wildman–Crippen LogP) is 1.82. The van der Waals surface area contributed by atoms with Crippen LogP contribution in [0.3, 0.4) is 0 Å². The number of rotatable bonds is 7. The zero-order valence-corrected chi connectivity index (χ0v) is 11.8. The topological polar surface area (TPSA) is 58.6 Å². The molecular formula is C14H19NO3S. The van der Waals surface area contributed by atoms with Crippen molar-refractivity contribution in [3.8, 4) is 5.75 Å². The van der Waals surface area contributed by atoms with Gasteiger partial charge in [-0.25, -0.2) is 0 Å². The summed E-state index contributed by atoms with van der Waals surface area (Å²) in [7, 11) is 0. The van der Waals surface area contributed by atoms with Crippen molar-refractivity contribution < 1.29 is 14.6 Å². The molecule has 1 amide bonds. The third-order valence-corrected chi connectivity index (χ3v) is 4.08. The molecular weight excluding hydrogens is 262 g/mol. The normalized spacial score (nSPS) is 15.9. The van der Waals surface area contributed by atoms with Crippen molar-refractivity contribution in [2.24, 2.45) is 0 Å². The zero-order chi connectivity index (χ0) is 13.7. The lowest BCUT2D eigenvalue weighted by molar-refractivity contribution is -0.119. The second kappa shape index (κ2) is 6.30. The maximum Gasteiger partial charge on any atom is 0.230 e. The minimum Gasteiger partial charge on any atom is -0.494 e. The van der Waals surface area contributed by atoms with Crippen LogP contribution in [-0.4, -0.2) is 35.5 Å². The summed E-state index contributed by atoms with van der Waals surface area (Å²) in [4.78, 5) is 12.8. The van der Waals surface area contributed by atoms with Crippen molar-refractivity contribution in [2.45, 2.75) is 30.2 Å². The lowest BCUT2D eigenvalue weighted by Gasteiger charge is -2.13. The third-order valence-electron chi connectivity index (χ3n) is 3.07. The molecule has 0 saturated heterocycles. The van der Waals surface area contributed by atoms with Gasteiger partial charge in [-0.15, -0.1) is 11.8 Å². The largest absolute Gasteiger partial charge is 0.494 e. The molecule has 2 N–H and O–H groups in total. The Morgan fingerprint density at radius 2 is 2.11 bits per heavy atom. The van der Waals surface area contributed by atoms with Crippen molar-refractivity contribution in [3.05, 3.63) is 24.3 Å². The number of carbonyl (C=O) groups is 1. The number of hydrogen-bond donors (Lipinski definition) is 2. The van der Waals surface area contributed by atoms with Gasteiger partial charge in [0.25, 0.3) is 0 Å². The van der Waals surface area contributed by atoms with Crippen LogP contribution in [0.4, 0.5) is 0 Å². The summed E-state index contributed by atoms with van der Waals surface area (Å²) < 4.78 is 5.36. The van der Waals surface area contributed by atoms with Crippen molar-refractivity contribution in [3.63, 3.8) is 0 Å². The quantitative estimate of drug-likeness (QED) is 0.749. The van der Waals surface area contributed by atoms with Crippen LogP contribution in [0, 0.1) is 0 Å². The highest BCUT2D eigenvalue weighted by molar-refractivity contribution is 8.00. The highest BCUT2D eigenvalue weighted by Gasteiger charge is 2.43. The van der Waals surface area contributed by atoms with E-state index in [1.54, 1.807) is 0 Å². The van der Waals surface area contributed by atoms with Gasteiger partial charge in [0, 0.05) is 4.90 Å². The van der Waals surface area contributed by atoms with Crippen LogP contribution in [0.15, 0.2) is 29.2 Å². The Morgan fingerprint density at radius 3 is 2.63 bits per heavy atom. The average Bonchev–Trinajstić information content (AvgIpc) is 3.19. The first kappa shape index (κ1) is 14.2. The van der Waals surface area contributed by atoms with E-state index in [0.717, 1.165) is 23.5 Å². The molecule has 2 rings (SSSR count). The molecule has 0 bridgehead atoms. The maximum atomic E-state index is 11.7. The van der Waals surface area contributed by atoms with E-state index in [0.29, 0.717) is 12.4 Å². The van der Waals surface area contributed by atoms with Gasteiger partial charge in [-0.2, -0.15) is 0 Å². The number of hydrogen-bond acceptors (Lipinski definition) is 4. The summed E-state index contributed by atoms with van der Waals surface area (Å²) in [6.45, 7) is 2.63. The molecule has 0 radical (unpaired) electrons. The third kappa shape index (κ3) is 4.14. The van der Waals surface area contributed by atoms with Gasteiger partial charge in [0.1, 0.15) is 5.75 Å². The van der Waals surface area contributed by atoms with Gasteiger partial charge in [-0.05, 0) is 44.0 Å². The van der Waals surface area contributed by atoms with Gasteiger partial charge in [0.2, 0.25) is 5.91 Å². The van der Waals surface area contributed by atoms with E-state index in [2.05, 4.69) is 5.32 Å². The number of aliphatic hydroxyl groups is 1. The van der Waals surface area contributed by atoms with Gasteiger partial charge in [0.05, 0.1) is 24.5 Å². The number of carbonyl (C=O) groups excluding carboxylic acids is 1. The van der Waals surface area contributed by atoms with E-state index in [-0.39, 0.29) is 18.1 Å². The second-order valence-electron chi connectivity index (χ2n) is 4.68. The van der Waals surface area contributed by atoms with E-state index in [1.165, 1.54) is 11.8 Å². The van der Waals surface area contributed by atoms with E-state index >= 15 is 0 Å². The first-order valence-corrected chi connectivity index (χ1v) is 7.43. The molecule has 0 unspecified atom stereocenters. The molecule has 4 nitrogen and oxygen atoms in total. The number of benzene rings is 1. The van der Waals surface area contributed by atoms with Crippen LogP contribution in [0.1, 0.15) is 19.8 Å². The molecule has 0 heterocycles. The van der Waals surface area contributed by atoms with E-state index in [1.807, 2.05) is 31.2 Å². The molecule has 1 saturated carbocycles. The Labute approximate surface area is 117 Å². The molecule has 0 aromatic heterocycles. The molecule has 0 atom stereocenters. The van der Waals surface area contributed by atoms with Gasteiger partial charge < -0.3 is 15.2 Å². The predicted molar refractivity (Wildman–Crippen MR) is 75.5 cm³/mol. The molecule has 1 fully saturated rings.